The van der Waals surface area contributed by atoms with Gasteiger partial charge in [0.2, 0.25) is 0 Å². The van der Waals surface area contributed by atoms with Gasteiger partial charge in [0.1, 0.15) is 0 Å². The maximum absolute atomic E-state index is 4.47. The minimum absolute atomic E-state index is 1.19. The molecule has 0 aliphatic carbocycles. The van der Waals surface area contributed by atoms with Gasteiger partial charge in [0.05, 0.1) is 0 Å². The first kappa shape index (κ1) is 18.3. The monoisotopic (exact) mass is 425 g/mol. The number of hydrogen-bond acceptors (Lipinski definition) is 2. The third-order valence-corrected chi connectivity index (χ3v) is 21.4. The average Bonchev–Trinajstić information content (AvgIpc) is 3.02. The quantitative estimate of drug-likeness (QED) is 0.405. The number of fused-ring (bicyclic) bond motifs is 1. The van der Waals surface area contributed by atoms with Crippen LogP contribution in [0.25, 0.3) is 10.2 Å². The molecule has 0 fully saturated rings. The number of aromatic nitrogens is 1. The summed E-state index contributed by atoms with van der Waals surface area (Å²) in [5.74, 6) is 0. The van der Waals surface area contributed by atoms with Gasteiger partial charge in [0, 0.05) is 0 Å². The van der Waals surface area contributed by atoms with E-state index in [1.807, 2.05) is 16.8 Å². The summed E-state index contributed by atoms with van der Waals surface area (Å²) >= 11 is -0.423. The van der Waals surface area contributed by atoms with Gasteiger partial charge in [-0.2, -0.15) is 0 Å². The fraction of sp³-hybridized carbons (Fsp3) is 0.632. The Morgan fingerprint density at radius 2 is 1.50 bits per heavy atom. The van der Waals surface area contributed by atoms with Gasteiger partial charge in [-0.3, -0.25) is 0 Å². The van der Waals surface area contributed by atoms with Gasteiger partial charge in [0.15, 0.2) is 0 Å². The summed E-state index contributed by atoms with van der Waals surface area (Å²) in [7, 11) is 0. The Morgan fingerprint density at radius 1 is 0.909 bits per heavy atom. The zero-order chi connectivity index (χ0) is 15.8. The molecule has 3 heteroatoms. The molecule has 1 aromatic heterocycles. The van der Waals surface area contributed by atoms with Crippen LogP contribution < -0.4 is 3.58 Å². The summed E-state index contributed by atoms with van der Waals surface area (Å²) in [6.07, 6.45) is 8.35. The SMILES string of the molecule is CCC[CH2][Sn]([CH2]CCC)([CH2]CCC)[c]1ccc2ncsc2c1. The van der Waals surface area contributed by atoms with Crippen molar-refractivity contribution in [1.82, 2.24) is 4.98 Å². The third-order valence-electron chi connectivity index (χ3n) is 4.97. The van der Waals surface area contributed by atoms with Crippen LogP contribution in [0.1, 0.15) is 59.3 Å². The van der Waals surface area contributed by atoms with Gasteiger partial charge >= 0.3 is 145 Å². The Hall–Kier alpha value is -0.0913. The Labute approximate surface area is 144 Å². The van der Waals surface area contributed by atoms with Crippen LogP contribution in [0.15, 0.2) is 23.7 Å². The van der Waals surface area contributed by atoms with Crippen molar-refractivity contribution in [3.63, 3.8) is 0 Å². The van der Waals surface area contributed by atoms with Gasteiger partial charge < -0.3 is 0 Å². The molecule has 1 aromatic carbocycles. The zero-order valence-electron chi connectivity index (χ0n) is 14.5. The molecule has 0 bridgehead atoms. The topological polar surface area (TPSA) is 12.9 Å². The predicted molar refractivity (Wildman–Crippen MR) is 104 cm³/mol. The van der Waals surface area contributed by atoms with Gasteiger partial charge in [-0.1, -0.05) is 0 Å². The maximum atomic E-state index is 4.47. The van der Waals surface area contributed by atoms with E-state index in [9.17, 15) is 0 Å². The van der Waals surface area contributed by atoms with Crippen LogP contribution in [0.5, 0.6) is 0 Å². The minimum atomic E-state index is -2.23. The van der Waals surface area contributed by atoms with E-state index in [0.29, 0.717) is 0 Å². The molecule has 0 unspecified atom stereocenters. The van der Waals surface area contributed by atoms with Crippen molar-refractivity contribution in [3.8, 4) is 0 Å². The van der Waals surface area contributed by atoms with Crippen LogP contribution >= 0.6 is 11.3 Å². The van der Waals surface area contributed by atoms with Gasteiger partial charge in [0.25, 0.3) is 0 Å². The molecule has 1 nitrogen and oxygen atoms in total. The fourth-order valence-corrected chi connectivity index (χ4v) is 20.5. The van der Waals surface area contributed by atoms with Crippen molar-refractivity contribution < 1.29 is 0 Å². The Balaban J connectivity index is 2.36. The molecule has 1 heterocycles. The van der Waals surface area contributed by atoms with Crippen molar-refractivity contribution in [2.45, 2.75) is 72.6 Å². The summed E-state index contributed by atoms with van der Waals surface area (Å²) in [5.41, 5.74) is 3.19. The summed E-state index contributed by atoms with van der Waals surface area (Å²) in [5, 5.41) is 0. The van der Waals surface area contributed by atoms with Gasteiger partial charge in [-0.05, 0) is 0 Å². The number of unbranched alkanes of at least 4 members (excludes halogenated alkanes) is 3. The van der Waals surface area contributed by atoms with E-state index in [1.54, 1.807) is 16.9 Å². The van der Waals surface area contributed by atoms with E-state index in [0.717, 1.165) is 0 Å². The number of nitrogens with zero attached hydrogens (tertiary/aromatic N) is 1. The van der Waals surface area contributed by atoms with Gasteiger partial charge in [-0.25, -0.2) is 0 Å². The summed E-state index contributed by atoms with van der Waals surface area (Å²) in [6, 6.07) is 7.28. The zero-order valence-corrected chi connectivity index (χ0v) is 18.2. The number of rotatable bonds is 10. The second kappa shape index (κ2) is 9.26. The van der Waals surface area contributed by atoms with Crippen molar-refractivity contribution >= 4 is 43.5 Å². The second-order valence-electron chi connectivity index (χ2n) is 6.63. The second-order valence-corrected chi connectivity index (χ2v) is 20.7. The first-order valence-electron chi connectivity index (χ1n) is 9.09. The summed E-state index contributed by atoms with van der Waals surface area (Å²) in [4.78, 5) is 4.47. The average molecular weight is 424 g/mol. The normalized spacial score (nSPS) is 12.1. The Morgan fingerprint density at radius 3 is 2.05 bits per heavy atom. The van der Waals surface area contributed by atoms with Crippen molar-refractivity contribution in [3.05, 3.63) is 23.7 Å². The van der Waals surface area contributed by atoms with Crippen LogP contribution in [0.4, 0.5) is 0 Å². The van der Waals surface area contributed by atoms with Crippen LogP contribution in [-0.4, -0.2) is 23.4 Å². The number of thiazole rings is 1. The first-order chi connectivity index (χ1) is 10.8. The number of benzene rings is 1. The van der Waals surface area contributed by atoms with Crippen LogP contribution in [0, 0.1) is 0 Å². The molecule has 0 aliphatic rings. The van der Waals surface area contributed by atoms with E-state index in [1.165, 1.54) is 48.7 Å². The van der Waals surface area contributed by atoms with Crippen LogP contribution in [-0.2, 0) is 0 Å². The van der Waals surface area contributed by atoms with Crippen molar-refractivity contribution in [2.75, 3.05) is 0 Å². The van der Waals surface area contributed by atoms with E-state index in [2.05, 4.69) is 44.0 Å². The first-order valence-corrected chi connectivity index (χ1v) is 17.5. The Kier molecular flexibility index (Phi) is 7.69. The molecule has 0 N–H and O–H groups in total. The van der Waals surface area contributed by atoms with Crippen molar-refractivity contribution in [1.29, 1.82) is 0 Å². The molecule has 2 rings (SSSR count). The molecular formula is C19H31NSSn. The molecule has 0 amide bonds. The van der Waals surface area contributed by atoms with Crippen molar-refractivity contribution in [2.24, 2.45) is 0 Å². The van der Waals surface area contributed by atoms with Crippen LogP contribution in [0.3, 0.4) is 0 Å². The molecule has 0 saturated carbocycles. The van der Waals surface area contributed by atoms with Gasteiger partial charge in [-0.15, -0.1) is 0 Å². The molecular weight excluding hydrogens is 393 g/mol. The molecule has 0 spiro atoms. The molecule has 2 aromatic rings. The Bertz CT molecular complexity index is 542. The molecule has 0 saturated heterocycles. The van der Waals surface area contributed by atoms with E-state index in [-0.39, 0.29) is 0 Å². The fourth-order valence-electron chi connectivity index (χ4n) is 3.54. The van der Waals surface area contributed by atoms with E-state index >= 15 is 0 Å². The molecule has 0 aliphatic heterocycles. The van der Waals surface area contributed by atoms with Crippen LogP contribution in [0.2, 0.25) is 13.3 Å². The molecule has 0 radical (unpaired) electrons. The summed E-state index contributed by atoms with van der Waals surface area (Å²) < 4.78 is 7.84. The molecule has 22 heavy (non-hydrogen) atoms. The van der Waals surface area contributed by atoms with E-state index < -0.39 is 18.4 Å². The van der Waals surface area contributed by atoms with E-state index in [4.69, 9.17) is 0 Å². The predicted octanol–water partition coefficient (Wildman–Crippen LogP) is 6.35. The standard InChI is InChI=1S/C7H4NS.3C4H9.Sn/c1-2-4-7-6(3-1)8-5-9-7;3*1-3-4-2;/h1,3-5H;3*1,3-4H2,2H3;. The summed E-state index contributed by atoms with van der Waals surface area (Å²) in [6.45, 7) is 7.05. The molecule has 0 atom stereocenters. The number of hydrogen-bond donors (Lipinski definition) is 0. The molecule has 122 valence electrons. The third kappa shape index (κ3) is 4.47.